The van der Waals surface area contributed by atoms with Crippen molar-refractivity contribution in [2.75, 3.05) is 10.0 Å². The van der Waals surface area contributed by atoms with Crippen molar-refractivity contribution in [1.29, 1.82) is 0 Å². The summed E-state index contributed by atoms with van der Waals surface area (Å²) in [5, 5.41) is 3.20. The van der Waals surface area contributed by atoms with Gasteiger partial charge >= 0.3 is 0 Å². The Hall–Kier alpha value is -3.81. The van der Waals surface area contributed by atoms with Gasteiger partial charge in [-0.2, -0.15) is 0 Å². The maximum atomic E-state index is 13.2. The molecule has 6 nitrogen and oxygen atoms in total. The number of ether oxygens (including phenoxy) is 1. The van der Waals surface area contributed by atoms with E-state index in [2.05, 4.69) is 10.0 Å². The van der Waals surface area contributed by atoms with Gasteiger partial charge in [0.15, 0.2) is 5.75 Å². The van der Waals surface area contributed by atoms with Crippen LogP contribution in [0.3, 0.4) is 0 Å². The average molecular weight is 521 g/mol. The van der Waals surface area contributed by atoms with E-state index in [4.69, 9.17) is 16.3 Å². The van der Waals surface area contributed by atoms with E-state index >= 15 is 0 Å². The molecule has 184 valence electrons. The van der Waals surface area contributed by atoms with E-state index < -0.39 is 15.9 Å². The van der Waals surface area contributed by atoms with Crippen LogP contribution in [0.4, 0.5) is 11.4 Å². The summed E-state index contributed by atoms with van der Waals surface area (Å²) in [6, 6.07) is 24.1. The Bertz CT molecular complexity index is 1540. The maximum Gasteiger partial charge on any atom is 0.262 e. The van der Waals surface area contributed by atoms with Gasteiger partial charge in [-0.15, -0.1) is 0 Å². The lowest BCUT2D eigenvalue weighted by Crippen LogP contribution is -2.18. The summed E-state index contributed by atoms with van der Waals surface area (Å²) in [6.07, 6.45) is 0. The standard InChI is InChI=1S/C28H25ClN2O4S/c1-18-9-10-19(2)24(15-18)31-36(33,34)27-16-21(12-11-20(27)3)28(32)30-25-17-22(29)13-14-26(25)35-23-7-5-4-6-8-23/h4-17,31H,1-3H3,(H,30,32). The number of sulfonamides is 1. The normalized spacial score (nSPS) is 11.1. The second kappa shape index (κ2) is 10.4. The molecule has 4 aromatic carbocycles. The van der Waals surface area contributed by atoms with Crippen molar-refractivity contribution in [2.45, 2.75) is 25.7 Å². The molecule has 0 heterocycles. The molecule has 4 aromatic rings. The van der Waals surface area contributed by atoms with Crippen molar-refractivity contribution < 1.29 is 17.9 Å². The molecule has 0 saturated heterocycles. The maximum absolute atomic E-state index is 13.2. The minimum Gasteiger partial charge on any atom is -0.455 e. The Labute approximate surface area is 216 Å². The summed E-state index contributed by atoms with van der Waals surface area (Å²) in [5.41, 5.74) is 3.26. The van der Waals surface area contributed by atoms with Crippen molar-refractivity contribution in [1.82, 2.24) is 0 Å². The largest absolute Gasteiger partial charge is 0.455 e. The summed E-state index contributed by atoms with van der Waals surface area (Å²) in [4.78, 5) is 13.2. The number of hydrogen-bond acceptors (Lipinski definition) is 4. The van der Waals surface area contributed by atoms with Crippen molar-refractivity contribution >= 4 is 38.9 Å². The Morgan fingerprint density at radius 1 is 0.806 bits per heavy atom. The fourth-order valence-electron chi connectivity index (χ4n) is 3.58. The number of amides is 1. The quantitative estimate of drug-likeness (QED) is 0.272. The van der Waals surface area contributed by atoms with Crippen LogP contribution in [0.25, 0.3) is 0 Å². The molecule has 0 spiro atoms. The third-order valence-electron chi connectivity index (χ3n) is 5.54. The Kier molecular flexibility index (Phi) is 7.33. The predicted octanol–water partition coefficient (Wildman–Crippen LogP) is 7.11. The van der Waals surface area contributed by atoms with Crippen LogP contribution < -0.4 is 14.8 Å². The average Bonchev–Trinajstić information content (AvgIpc) is 2.84. The van der Waals surface area contributed by atoms with E-state index in [0.29, 0.717) is 33.5 Å². The van der Waals surface area contributed by atoms with Gasteiger partial charge in [0.1, 0.15) is 5.75 Å². The lowest BCUT2D eigenvalue weighted by atomic mass is 10.1. The van der Waals surface area contributed by atoms with Crippen LogP contribution in [-0.4, -0.2) is 14.3 Å². The van der Waals surface area contributed by atoms with Crippen molar-refractivity contribution in [2.24, 2.45) is 0 Å². The number of rotatable bonds is 7. The molecule has 8 heteroatoms. The van der Waals surface area contributed by atoms with Gasteiger partial charge in [0.05, 0.1) is 16.3 Å². The number of benzene rings is 4. The van der Waals surface area contributed by atoms with Crippen LogP contribution in [0.5, 0.6) is 11.5 Å². The highest BCUT2D eigenvalue weighted by atomic mass is 35.5. The molecule has 0 radical (unpaired) electrons. The molecule has 2 N–H and O–H groups in total. The Balaban J connectivity index is 1.62. The number of carbonyl (C=O) groups excluding carboxylic acids is 1. The van der Waals surface area contributed by atoms with Gasteiger partial charge in [0.25, 0.3) is 15.9 Å². The zero-order chi connectivity index (χ0) is 25.9. The summed E-state index contributed by atoms with van der Waals surface area (Å²) in [5.74, 6) is 0.491. The Morgan fingerprint density at radius 2 is 1.53 bits per heavy atom. The summed E-state index contributed by atoms with van der Waals surface area (Å²) >= 11 is 6.16. The summed E-state index contributed by atoms with van der Waals surface area (Å²) in [6.45, 7) is 5.40. The zero-order valence-corrected chi connectivity index (χ0v) is 21.6. The molecule has 0 aliphatic heterocycles. The fourth-order valence-corrected chi connectivity index (χ4v) is 5.14. The van der Waals surface area contributed by atoms with Crippen molar-refractivity contribution in [3.8, 4) is 11.5 Å². The first-order valence-corrected chi connectivity index (χ1v) is 13.0. The number of hydrogen-bond donors (Lipinski definition) is 2. The third kappa shape index (κ3) is 5.87. The lowest BCUT2D eigenvalue weighted by molar-refractivity contribution is 0.102. The highest BCUT2D eigenvalue weighted by molar-refractivity contribution is 7.92. The number of anilines is 2. The molecule has 0 atom stereocenters. The SMILES string of the molecule is Cc1ccc(C)c(NS(=O)(=O)c2cc(C(=O)Nc3cc(Cl)ccc3Oc3ccccc3)ccc2C)c1. The van der Waals surface area contributed by atoms with Gasteiger partial charge in [0.2, 0.25) is 0 Å². The van der Waals surface area contributed by atoms with E-state index in [1.807, 2.05) is 44.2 Å². The van der Waals surface area contributed by atoms with E-state index in [1.54, 1.807) is 55.5 Å². The molecule has 4 rings (SSSR count). The smallest absolute Gasteiger partial charge is 0.262 e. The van der Waals surface area contributed by atoms with Gasteiger partial charge in [-0.3, -0.25) is 9.52 Å². The molecule has 0 aliphatic rings. The molecule has 36 heavy (non-hydrogen) atoms. The van der Waals surface area contributed by atoms with Crippen molar-refractivity contribution in [3.05, 3.63) is 112 Å². The molecule has 0 fully saturated rings. The van der Waals surface area contributed by atoms with E-state index in [9.17, 15) is 13.2 Å². The predicted molar refractivity (Wildman–Crippen MR) is 144 cm³/mol. The molecule has 1 amide bonds. The fraction of sp³-hybridized carbons (Fsp3) is 0.107. The zero-order valence-electron chi connectivity index (χ0n) is 20.0. The van der Waals surface area contributed by atoms with Crippen LogP contribution in [0.2, 0.25) is 5.02 Å². The number of aryl methyl sites for hydroxylation is 3. The van der Waals surface area contributed by atoms with Crippen LogP contribution in [-0.2, 0) is 10.0 Å². The third-order valence-corrected chi connectivity index (χ3v) is 7.28. The highest BCUT2D eigenvalue weighted by Gasteiger charge is 2.21. The van der Waals surface area contributed by atoms with Gasteiger partial charge in [-0.1, -0.05) is 48.0 Å². The van der Waals surface area contributed by atoms with Crippen molar-refractivity contribution in [3.63, 3.8) is 0 Å². The first kappa shape index (κ1) is 25.3. The van der Waals surface area contributed by atoms with Gasteiger partial charge < -0.3 is 10.1 Å². The van der Waals surface area contributed by atoms with Gasteiger partial charge in [0, 0.05) is 10.6 Å². The molecular formula is C28H25ClN2O4S. The molecule has 0 saturated carbocycles. The molecule has 0 aliphatic carbocycles. The molecular weight excluding hydrogens is 496 g/mol. The number of nitrogens with one attached hydrogen (secondary N) is 2. The lowest BCUT2D eigenvalue weighted by Gasteiger charge is -2.15. The van der Waals surface area contributed by atoms with E-state index in [-0.39, 0.29) is 10.5 Å². The second-order valence-corrected chi connectivity index (χ2v) is 10.5. The Morgan fingerprint density at radius 3 is 2.28 bits per heavy atom. The number of para-hydroxylation sites is 1. The minimum atomic E-state index is -3.94. The van der Waals surface area contributed by atoms with Crippen LogP contribution in [0, 0.1) is 20.8 Å². The number of halogens is 1. The summed E-state index contributed by atoms with van der Waals surface area (Å²) in [7, 11) is -3.94. The number of carbonyl (C=O) groups is 1. The van der Waals surface area contributed by atoms with Gasteiger partial charge in [-0.25, -0.2) is 8.42 Å². The minimum absolute atomic E-state index is 0.0166. The summed E-state index contributed by atoms with van der Waals surface area (Å²) < 4.78 is 35.0. The highest BCUT2D eigenvalue weighted by Crippen LogP contribution is 2.32. The van der Waals surface area contributed by atoms with E-state index in [0.717, 1.165) is 11.1 Å². The molecule has 0 aromatic heterocycles. The first-order chi connectivity index (χ1) is 17.1. The van der Waals surface area contributed by atoms with Crippen LogP contribution in [0.15, 0.2) is 89.8 Å². The molecule has 0 bridgehead atoms. The topological polar surface area (TPSA) is 84.5 Å². The second-order valence-electron chi connectivity index (χ2n) is 8.41. The van der Waals surface area contributed by atoms with E-state index in [1.165, 1.54) is 6.07 Å². The first-order valence-electron chi connectivity index (χ1n) is 11.2. The van der Waals surface area contributed by atoms with Gasteiger partial charge in [-0.05, 0) is 86.0 Å². The van der Waals surface area contributed by atoms with Crippen LogP contribution in [0.1, 0.15) is 27.0 Å². The van der Waals surface area contributed by atoms with Crippen LogP contribution >= 0.6 is 11.6 Å². The monoisotopic (exact) mass is 520 g/mol. The molecule has 0 unspecified atom stereocenters.